The van der Waals surface area contributed by atoms with Gasteiger partial charge in [0.15, 0.2) is 0 Å². The highest BCUT2D eigenvalue weighted by Gasteiger charge is 2.03. The minimum atomic E-state index is 0.103. The van der Waals surface area contributed by atoms with Gasteiger partial charge in [0.05, 0.1) is 0 Å². The van der Waals surface area contributed by atoms with Gasteiger partial charge in [0.1, 0.15) is 11.6 Å². The Morgan fingerprint density at radius 3 is 1.72 bits per heavy atom. The first-order valence-electron chi connectivity index (χ1n) is 7.29. The lowest BCUT2D eigenvalue weighted by molar-refractivity contribution is -0.123. The minimum absolute atomic E-state index is 0.103. The minimum Gasteiger partial charge on any atom is -0.396 e. The zero-order chi connectivity index (χ0) is 13.6. The Balaban J connectivity index is 3.15. The van der Waals surface area contributed by atoms with Gasteiger partial charge in [0, 0.05) is 25.9 Å². The van der Waals surface area contributed by atoms with Crippen LogP contribution in [-0.2, 0) is 9.59 Å². The van der Waals surface area contributed by atoms with E-state index < -0.39 is 0 Å². The van der Waals surface area contributed by atoms with E-state index >= 15 is 0 Å². The SMILES string of the molecule is CC(=O)CCC(=O)CCCCCCCCCCO. The summed E-state index contributed by atoms with van der Waals surface area (Å²) in [6, 6.07) is 0. The van der Waals surface area contributed by atoms with Crippen LogP contribution in [0.3, 0.4) is 0 Å². The van der Waals surface area contributed by atoms with Gasteiger partial charge < -0.3 is 9.90 Å². The molecule has 0 bridgehead atoms. The molecule has 0 spiro atoms. The highest BCUT2D eigenvalue weighted by Crippen LogP contribution is 2.10. The first kappa shape index (κ1) is 17.3. The second-order valence-corrected chi connectivity index (χ2v) is 5.04. The number of ketones is 2. The number of aliphatic hydroxyl groups is 1. The van der Waals surface area contributed by atoms with Crippen molar-refractivity contribution in [1.82, 2.24) is 0 Å². The molecule has 18 heavy (non-hydrogen) atoms. The van der Waals surface area contributed by atoms with E-state index in [1.54, 1.807) is 0 Å². The summed E-state index contributed by atoms with van der Waals surface area (Å²) in [5.74, 6) is 0.333. The van der Waals surface area contributed by atoms with Gasteiger partial charge in [-0.1, -0.05) is 38.5 Å². The van der Waals surface area contributed by atoms with Crippen molar-refractivity contribution in [2.75, 3.05) is 6.61 Å². The smallest absolute Gasteiger partial charge is 0.133 e. The lowest BCUT2D eigenvalue weighted by atomic mass is 10.0. The maximum absolute atomic E-state index is 11.4. The summed E-state index contributed by atoms with van der Waals surface area (Å²) in [7, 11) is 0. The quantitative estimate of drug-likeness (QED) is 0.514. The maximum Gasteiger partial charge on any atom is 0.133 e. The second kappa shape index (κ2) is 12.7. The van der Waals surface area contributed by atoms with Gasteiger partial charge in [-0.15, -0.1) is 0 Å². The molecular formula is C15H28O3. The molecule has 0 saturated heterocycles. The molecule has 0 atom stereocenters. The molecule has 0 aromatic rings. The molecule has 0 fully saturated rings. The van der Waals surface area contributed by atoms with E-state index in [2.05, 4.69) is 0 Å². The first-order chi connectivity index (χ1) is 8.66. The molecular weight excluding hydrogens is 228 g/mol. The molecule has 0 heterocycles. The van der Waals surface area contributed by atoms with Gasteiger partial charge in [-0.2, -0.15) is 0 Å². The van der Waals surface area contributed by atoms with E-state index in [1.165, 1.54) is 32.6 Å². The van der Waals surface area contributed by atoms with Crippen molar-refractivity contribution in [2.45, 2.75) is 77.6 Å². The molecule has 0 aromatic carbocycles. The first-order valence-corrected chi connectivity index (χ1v) is 7.29. The number of hydrogen-bond donors (Lipinski definition) is 1. The predicted octanol–water partition coefficient (Wildman–Crippen LogP) is 3.43. The Hall–Kier alpha value is -0.700. The fourth-order valence-corrected chi connectivity index (χ4v) is 1.94. The van der Waals surface area contributed by atoms with Gasteiger partial charge in [0.25, 0.3) is 0 Å². The van der Waals surface area contributed by atoms with E-state index in [0.717, 1.165) is 25.7 Å². The zero-order valence-corrected chi connectivity index (χ0v) is 11.7. The molecule has 0 rings (SSSR count). The van der Waals surface area contributed by atoms with Crippen molar-refractivity contribution in [3.8, 4) is 0 Å². The number of carbonyl (C=O) groups excluding carboxylic acids is 2. The summed E-state index contributed by atoms with van der Waals surface area (Å²) in [6.45, 7) is 1.84. The van der Waals surface area contributed by atoms with E-state index in [1.807, 2.05) is 0 Å². The standard InChI is InChI=1S/C15H28O3/c1-14(17)11-12-15(18)10-8-6-4-2-3-5-7-9-13-16/h16H,2-13H2,1H3. The van der Waals surface area contributed by atoms with Crippen LogP contribution in [0.5, 0.6) is 0 Å². The predicted molar refractivity (Wildman–Crippen MR) is 73.6 cm³/mol. The maximum atomic E-state index is 11.4. The average Bonchev–Trinajstić information content (AvgIpc) is 2.34. The largest absolute Gasteiger partial charge is 0.396 e. The number of rotatable bonds is 13. The molecule has 1 N–H and O–H groups in total. The highest BCUT2D eigenvalue weighted by molar-refractivity contribution is 5.84. The van der Waals surface area contributed by atoms with Gasteiger partial charge in [-0.25, -0.2) is 0 Å². The number of unbranched alkanes of at least 4 members (excludes halogenated alkanes) is 7. The lowest BCUT2D eigenvalue weighted by Crippen LogP contribution is -2.01. The second-order valence-electron chi connectivity index (χ2n) is 5.04. The summed E-state index contributed by atoms with van der Waals surface area (Å²) >= 11 is 0. The monoisotopic (exact) mass is 256 g/mol. The van der Waals surface area contributed by atoms with Crippen molar-refractivity contribution >= 4 is 11.6 Å². The van der Waals surface area contributed by atoms with Crippen LogP contribution in [0.1, 0.15) is 77.6 Å². The third-order valence-electron chi connectivity index (χ3n) is 3.12. The number of carbonyl (C=O) groups is 2. The molecule has 106 valence electrons. The number of aliphatic hydroxyl groups excluding tert-OH is 1. The lowest BCUT2D eigenvalue weighted by Gasteiger charge is -2.02. The van der Waals surface area contributed by atoms with Crippen LogP contribution in [0.15, 0.2) is 0 Å². The molecule has 0 aliphatic rings. The summed E-state index contributed by atoms with van der Waals surface area (Å²) in [4.78, 5) is 22.1. The van der Waals surface area contributed by atoms with Crippen LogP contribution in [0.2, 0.25) is 0 Å². The molecule has 0 aliphatic heterocycles. The summed E-state index contributed by atoms with van der Waals surface area (Å²) in [5, 5.41) is 8.62. The Labute approximate surface area is 111 Å². The fourth-order valence-electron chi connectivity index (χ4n) is 1.94. The summed E-state index contributed by atoms with van der Waals surface area (Å²) < 4.78 is 0. The summed E-state index contributed by atoms with van der Waals surface area (Å²) in [5.41, 5.74) is 0. The van der Waals surface area contributed by atoms with Crippen molar-refractivity contribution in [3.63, 3.8) is 0 Å². The molecule has 0 aliphatic carbocycles. The van der Waals surface area contributed by atoms with Crippen LogP contribution in [0.25, 0.3) is 0 Å². The fraction of sp³-hybridized carbons (Fsp3) is 0.867. The molecule has 3 nitrogen and oxygen atoms in total. The van der Waals surface area contributed by atoms with E-state index in [0.29, 0.717) is 25.9 Å². The molecule has 0 radical (unpaired) electrons. The van der Waals surface area contributed by atoms with Gasteiger partial charge in [-0.3, -0.25) is 4.79 Å². The van der Waals surface area contributed by atoms with Crippen LogP contribution in [0.4, 0.5) is 0 Å². The van der Waals surface area contributed by atoms with Gasteiger partial charge >= 0.3 is 0 Å². The normalized spacial score (nSPS) is 10.6. The Kier molecular flexibility index (Phi) is 12.3. The molecule has 0 unspecified atom stereocenters. The molecule has 3 heteroatoms. The van der Waals surface area contributed by atoms with Crippen LogP contribution in [0, 0.1) is 0 Å². The van der Waals surface area contributed by atoms with Gasteiger partial charge in [0.2, 0.25) is 0 Å². The topological polar surface area (TPSA) is 54.4 Å². The average molecular weight is 256 g/mol. The van der Waals surface area contributed by atoms with Crippen LogP contribution >= 0.6 is 0 Å². The molecule has 0 aromatic heterocycles. The van der Waals surface area contributed by atoms with E-state index in [-0.39, 0.29) is 11.6 Å². The Morgan fingerprint density at radius 1 is 0.722 bits per heavy atom. The Morgan fingerprint density at radius 2 is 1.22 bits per heavy atom. The number of hydrogen-bond acceptors (Lipinski definition) is 3. The third kappa shape index (κ3) is 13.4. The highest BCUT2D eigenvalue weighted by atomic mass is 16.2. The van der Waals surface area contributed by atoms with Crippen molar-refractivity contribution in [2.24, 2.45) is 0 Å². The van der Waals surface area contributed by atoms with E-state index in [4.69, 9.17) is 5.11 Å². The Bertz CT molecular complexity index is 224. The van der Waals surface area contributed by atoms with Crippen molar-refractivity contribution in [1.29, 1.82) is 0 Å². The van der Waals surface area contributed by atoms with Crippen LogP contribution < -0.4 is 0 Å². The van der Waals surface area contributed by atoms with Gasteiger partial charge in [-0.05, 0) is 19.8 Å². The zero-order valence-electron chi connectivity index (χ0n) is 11.7. The van der Waals surface area contributed by atoms with Crippen molar-refractivity contribution < 1.29 is 14.7 Å². The third-order valence-corrected chi connectivity index (χ3v) is 3.12. The van der Waals surface area contributed by atoms with E-state index in [9.17, 15) is 9.59 Å². The molecule has 0 amide bonds. The van der Waals surface area contributed by atoms with Crippen LogP contribution in [-0.4, -0.2) is 23.3 Å². The summed E-state index contributed by atoms with van der Waals surface area (Å²) in [6.07, 6.45) is 10.5. The van der Waals surface area contributed by atoms with Crippen molar-refractivity contribution in [3.05, 3.63) is 0 Å². The molecule has 0 saturated carbocycles. The number of Topliss-reactive ketones (excluding diaryl/α,β-unsaturated/α-hetero) is 2.